The van der Waals surface area contributed by atoms with Crippen LogP contribution in [0.1, 0.15) is 25.3 Å². The van der Waals surface area contributed by atoms with E-state index in [4.69, 9.17) is 18.0 Å². The van der Waals surface area contributed by atoms with Gasteiger partial charge < -0.3 is 11.1 Å². The molecule has 0 fully saturated rings. The highest BCUT2D eigenvalue weighted by molar-refractivity contribution is 7.80. The monoisotopic (exact) mass is 209 g/mol. The van der Waals surface area contributed by atoms with Crippen molar-refractivity contribution in [3.05, 3.63) is 23.9 Å². The van der Waals surface area contributed by atoms with Gasteiger partial charge in [0.2, 0.25) is 0 Å². The van der Waals surface area contributed by atoms with Crippen LogP contribution in [0.4, 0.5) is 5.82 Å². The first-order chi connectivity index (χ1) is 6.72. The SMILES string of the molecule is CCCCc1ccnc(NC(N)=S)c1. The van der Waals surface area contributed by atoms with Crippen molar-refractivity contribution in [2.75, 3.05) is 5.32 Å². The summed E-state index contributed by atoms with van der Waals surface area (Å²) in [6, 6.07) is 4.00. The maximum absolute atomic E-state index is 5.36. The van der Waals surface area contributed by atoms with Crippen LogP contribution in [-0.2, 0) is 6.42 Å². The van der Waals surface area contributed by atoms with Crippen LogP contribution in [0.15, 0.2) is 18.3 Å². The Morgan fingerprint density at radius 1 is 1.64 bits per heavy atom. The van der Waals surface area contributed by atoms with Gasteiger partial charge in [-0.25, -0.2) is 4.98 Å². The molecule has 0 atom stereocenters. The lowest BCUT2D eigenvalue weighted by Gasteiger charge is -2.04. The second-order valence-electron chi connectivity index (χ2n) is 3.14. The molecule has 0 spiro atoms. The highest BCUT2D eigenvalue weighted by Gasteiger charge is 1.97. The number of nitrogens with one attached hydrogen (secondary N) is 1. The summed E-state index contributed by atoms with van der Waals surface area (Å²) in [5.41, 5.74) is 6.62. The first kappa shape index (κ1) is 10.9. The number of aromatic nitrogens is 1. The van der Waals surface area contributed by atoms with Crippen LogP contribution >= 0.6 is 12.2 Å². The highest BCUT2D eigenvalue weighted by atomic mass is 32.1. The minimum atomic E-state index is 0.255. The molecule has 1 rings (SSSR count). The molecule has 0 aliphatic rings. The molecule has 1 heterocycles. The van der Waals surface area contributed by atoms with Gasteiger partial charge >= 0.3 is 0 Å². The van der Waals surface area contributed by atoms with Crippen molar-refractivity contribution in [3.63, 3.8) is 0 Å². The molecule has 0 aliphatic heterocycles. The van der Waals surface area contributed by atoms with E-state index >= 15 is 0 Å². The van der Waals surface area contributed by atoms with Crippen LogP contribution in [0.3, 0.4) is 0 Å². The molecule has 0 unspecified atom stereocenters. The van der Waals surface area contributed by atoms with Crippen molar-refractivity contribution < 1.29 is 0 Å². The third-order valence-electron chi connectivity index (χ3n) is 1.89. The molecule has 0 aliphatic carbocycles. The number of hydrogen-bond donors (Lipinski definition) is 2. The van der Waals surface area contributed by atoms with Gasteiger partial charge in [-0.1, -0.05) is 13.3 Å². The molecule has 1 aromatic heterocycles. The van der Waals surface area contributed by atoms with Crippen molar-refractivity contribution in [2.45, 2.75) is 26.2 Å². The average molecular weight is 209 g/mol. The standard InChI is InChI=1S/C10H15N3S/c1-2-3-4-8-5-6-12-9(7-8)13-10(11)14/h5-7H,2-4H2,1H3,(H3,11,12,13,14). The van der Waals surface area contributed by atoms with Crippen molar-refractivity contribution >= 4 is 23.1 Å². The van der Waals surface area contributed by atoms with E-state index in [1.54, 1.807) is 6.20 Å². The fraction of sp³-hybridized carbons (Fsp3) is 0.400. The lowest BCUT2D eigenvalue weighted by molar-refractivity contribution is 0.794. The summed E-state index contributed by atoms with van der Waals surface area (Å²) in [6.07, 6.45) is 5.23. The highest BCUT2D eigenvalue weighted by Crippen LogP contribution is 2.09. The van der Waals surface area contributed by atoms with E-state index in [-0.39, 0.29) is 5.11 Å². The van der Waals surface area contributed by atoms with Gasteiger partial charge in [0, 0.05) is 6.20 Å². The Morgan fingerprint density at radius 2 is 2.43 bits per heavy atom. The molecule has 1 aromatic rings. The zero-order valence-corrected chi connectivity index (χ0v) is 9.10. The first-order valence-corrected chi connectivity index (χ1v) is 5.14. The number of aryl methyl sites for hydroxylation is 1. The minimum Gasteiger partial charge on any atom is -0.376 e. The number of thiocarbonyl (C=S) groups is 1. The Hall–Kier alpha value is -1.16. The second-order valence-corrected chi connectivity index (χ2v) is 3.58. The Morgan fingerprint density at radius 3 is 3.07 bits per heavy atom. The number of nitrogens with two attached hydrogens (primary N) is 1. The maximum Gasteiger partial charge on any atom is 0.169 e. The Labute approximate surface area is 89.7 Å². The van der Waals surface area contributed by atoms with Crippen molar-refractivity contribution in [1.29, 1.82) is 0 Å². The zero-order valence-electron chi connectivity index (χ0n) is 8.29. The smallest absolute Gasteiger partial charge is 0.169 e. The van der Waals surface area contributed by atoms with Gasteiger partial charge in [-0.15, -0.1) is 0 Å². The van der Waals surface area contributed by atoms with E-state index in [1.165, 1.54) is 18.4 Å². The van der Waals surface area contributed by atoms with Crippen LogP contribution in [0.5, 0.6) is 0 Å². The second kappa shape index (κ2) is 5.54. The summed E-state index contributed by atoms with van der Waals surface area (Å²) in [5.74, 6) is 0.728. The third kappa shape index (κ3) is 3.70. The van der Waals surface area contributed by atoms with E-state index < -0.39 is 0 Å². The summed E-state index contributed by atoms with van der Waals surface area (Å²) < 4.78 is 0. The first-order valence-electron chi connectivity index (χ1n) is 4.73. The van der Waals surface area contributed by atoms with Gasteiger partial charge in [-0.3, -0.25) is 0 Å². The fourth-order valence-corrected chi connectivity index (χ4v) is 1.31. The molecule has 0 saturated heterocycles. The molecule has 76 valence electrons. The molecule has 0 aromatic carbocycles. The van der Waals surface area contributed by atoms with Crippen LogP contribution in [0.2, 0.25) is 0 Å². The third-order valence-corrected chi connectivity index (χ3v) is 2.00. The van der Waals surface area contributed by atoms with Gasteiger partial charge in [0.1, 0.15) is 5.82 Å². The predicted octanol–water partition coefficient (Wildman–Crippen LogP) is 2.08. The number of anilines is 1. The number of hydrogen-bond acceptors (Lipinski definition) is 2. The summed E-state index contributed by atoms with van der Waals surface area (Å²) in [6.45, 7) is 2.18. The summed E-state index contributed by atoms with van der Waals surface area (Å²) >= 11 is 4.73. The molecule has 3 nitrogen and oxygen atoms in total. The molecule has 14 heavy (non-hydrogen) atoms. The average Bonchev–Trinajstić information content (AvgIpc) is 2.14. The minimum absolute atomic E-state index is 0.255. The number of rotatable bonds is 4. The van der Waals surface area contributed by atoms with Crippen LogP contribution in [0, 0.1) is 0 Å². The number of nitrogens with zero attached hydrogens (tertiary/aromatic N) is 1. The summed E-state index contributed by atoms with van der Waals surface area (Å²) in [4.78, 5) is 4.11. The van der Waals surface area contributed by atoms with Crippen molar-refractivity contribution in [1.82, 2.24) is 4.98 Å². The van der Waals surface area contributed by atoms with E-state index in [0.717, 1.165) is 12.2 Å². The molecular formula is C10H15N3S. The Balaban J connectivity index is 2.63. The summed E-state index contributed by atoms with van der Waals surface area (Å²) in [5, 5.41) is 3.07. The van der Waals surface area contributed by atoms with Crippen LogP contribution in [0.25, 0.3) is 0 Å². The van der Waals surface area contributed by atoms with Crippen molar-refractivity contribution in [3.8, 4) is 0 Å². The predicted molar refractivity (Wildman–Crippen MR) is 63.3 cm³/mol. The quantitative estimate of drug-likeness (QED) is 0.745. The normalized spacial score (nSPS) is 9.79. The van der Waals surface area contributed by atoms with Crippen LogP contribution in [-0.4, -0.2) is 10.1 Å². The largest absolute Gasteiger partial charge is 0.376 e. The van der Waals surface area contributed by atoms with Gasteiger partial charge in [-0.2, -0.15) is 0 Å². The van der Waals surface area contributed by atoms with E-state index in [1.807, 2.05) is 12.1 Å². The van der Waals surface area contributed by atoms with Gasteiger partial charge in [0.05, 0.1) is 0 Å². The molecular weight excluding hydrogens is 194 g/mol. The van der Waals surface area contributed by atoms with Gasteiger partial charge in [-0.05, 0) is 42.8 Å². The molecule has 0 amide bonds. The van der Waals surface area contributed by atoms with E-state index in [0.29, 0.717) is 0 Å². The molecule has 0 bridgehead atoms. The molecule has 0 radical (unpaired) electrons. The van der Waals surface area contributed by atoms with Crippen LogP contribution < -0.4 is 11.1 Å². The maximum atomic E-state index is 5.36. The topological polar surface area (TPSA) is 50.9 Å². The fourth-order valence-electron chi connectivity index (χ4n) is 1.21. The van der Waals surface area contributed by atoms with Gasteiger partial charge in [0.25, 0.3) is 0 Å². The zero-order chi connectivity index (χ0) is 10.4. The molecule has 0 saturated carbocycles. The summed E-state index contributed by atoms with van der Waals surface area (Å²) in [7, 11) is 0. The Bertz CT molecular complexity index is 312. The molecule has 3 N–H and O–H groups in total. The lowest BCUT2D eigenvalue weighted by Crippen LogP contribution is -2.19. The number of pyridine rings is 1. The molecule has 4 heteroatoms. The van der Waals surface area contributed by atoms with E-state index in [2.05, 4.69) is 17.2 Å². The van der Waals surface area contributed by atoms with Gasteiger partial charge in [0.15, 0.2) is 5.11 Å². The number of unbranched alkanes of at least 4 members (excludes halogenated alkanes) is 1. The Kier molecular flexibility index (Phi) is 4.32. The van der Waals surface area contributed by atoms with Crippen molar-refractivity contribution in [2.24, 2.45) is 5.73 Å². The lowest BCUT2D eigenvalue weighted by atomic mass is 10.1. The van der Waals surface area contributed by atoms with E-state index in [9.17, 15) is 0 Å².